The maximum absolute atomic E-state index is 13.2. The molecule has 0 N–H and O–H groups in total. The van der Waals surface area contributed by atoms with Crippen molar-refractivity contribution in [2.45, 2.75) is 13.3 Å². The van der Waals surface area contributed by atoms with Crippen molar-refractivity contribution in [3.8, 4) is 17.2 Å². The van der Waals surface area contributed by atoms with Crippen molar-refractivity contribution in [2.24, 2.45) is 0 Å². The maximum Gasteiger partial charge on any atom is 0.513 e. The first kappa shape index (κ1) is 23.9. The third-order valence-corrected chi connectivity index (χ3v) is 5.28. The van der Waals surface area contributed by atoms with Crippen LogP contribution < -0.4 is 14.2 Å². The van der Waals surface area contributed by atoms with Gasteiger partial charge in [0.15, 0.2) is 0 Å². The number of hydrogen-bond donors (Lipinski definition) is 0. The van der Waals surface area contributed by atoms with Gasteiger partial charge in [-0.25, -0.2) is 4.79 Å². The van der Waals surface area contributed by atoms with E-state index >= 15 is 0 Å². The minimum atomic E-state index is -0.791. The van der Waals surface area contributed by atoms with Crippen LogP contribution >= 0.6 is 0 Å². The van der Waals surface area contributed by atoms with E-state index in [1.807, 2.05) is 0 Å². The lowest BCUT2D eigenvalue weighted by molar-refractivity contribution is 0.0714. The van der Waals surface area contributed by atoms with Crippen molar-refractivity contribution >= 4 is 18.0 Å². The van der Waals surface area contributed by atoms with E-state index in [9.17, 15) is 14.4 Å². The zero-order chi connectivity index (χ0) is 23.8. The molecule has 3 rings (SSSR count). The van der Waals surface area contributed by atoms with Crippen LogP contribution in [0.15, 0.2) is 42.5 Å². The second-order valence-electron chi connectivity index (χ2n) is 7.28. The Kier molecular flexibility index (Phi) is 8.12. The number of carbonyl (C=O) groups excluding carboxylic acids is 3. The molecule has 9 nitrogen and oxygen atoms in total. The average molecular weight is 456 g/mol. The van der Waals surface area contributed by atoms with Gasteiger partial charge in [0.05, 0.1) is 20.8 Å². The van der Waals surface area contributed by atoms with Gasteiger partial charge in [-0.2, -0.15) is 0 Å². The van der Waals surface area contributed by atoms with Gasteiger partial charge in [0, 0.05) is 31.7 Å². The molecule has 0 atom stereocenters. The molecule has 0 saturated carbocycles. The lowest BCUT2D eigenvalue weighted by atomic mass is 10.1. The fourth-order valence-electron chi connectivity index (χ4n) is 3.64. The van der Waals surface area contributed by atoms with Crippen LogP contribution in [0.5, 0.6) is 17.2 Å². The van der Waals surface area contributed by atoms with E-state index in [1.54, 1.807) is 59.2 Å². The third-order valence-electron chi connectivity index (χ3n) is 5.28. The van der Waals surface area contributed by atoms with Gasteiger partial charge in [-0.1, -0.05) is 6.07 Å². The molecule has 33 heavy (non-hydrogen) atoms. The Labute approximate surface area is 192 Å². The topological polar surface area (TPSA) is 94.6 Å². The fourth-order valence-corrected chi connectivity index (χ4v) is 3.64. The number of rotatable bonds is 6. The molecule has 0 unspecified atom stereocenters. The number of hydrogen-bond acceptors (Lipinski definition) is 7. The molecule has 2 aromatic carbocycles. The van der Waals surface area contributed by atoms with Gasteiger partial charge in [0.25, 0.3) is 11.8 Å². The van der Waals surface area contributed by atoms with Gasteiger partial charge in [-0.05, 0) is 49.7 Å². The highest BCUT2D eigenvalue weighted by molar-refractivity contribution is 6.00. The normalized spacial score (nSPS) is 13.7. The van der Waals surface area contributed by atoms with Crippen LogP contribution in [-0.2, 0) is 4.74 Å². The van der Waals surface area contributed by atoms with Gasteiger partial charge < -0.3 is 28.7 Å². The van der Waals surface area contributed by atoms with Crippen LogP contribution in [-0.4, -0.2) is 74.8 Å². The molecule has 1 aliphatic heterocycles. The van der Waals surface area contributed by atoms with E-state index in [1.165, 1.54) is 14.2 Å². The molecule has 1 aliphatic rings. The van der Waals surface area contributed by atoms with Crippen molar-refractivity contribution in [2.75, 3.05) is 47.0 Å². The summed E-state index contributed by atoms with van der Waals surface area (Å²) in [4.78, 5) is 41.1. The predicted octanol–water partition coefficient (Wildman–Crippen LogP) is 3.23. The van der Waals surface area contributed by atoms with E-state index in [4.69, 9.17) is 18.9 Å². The minimum absolute atomic E-state index is 0.151. The van der Waals surface area contributed by atoms with E-state index in [0.29, 0.717) is 61.0 Å². The highest BCUT2D eigenvalue weighted by Gasteiger charge is 2.27. The highest BCUT2D eigenvalue weighted by Crippen LogP contribution is 2.30. The third kappa shape index (κ3) is 5.74. The number of nitrogens with zero attached hydrogens (tertiary/aromatic N) is 2. The molecule has 1 saturated heterocycles. The maximum atomic E-state index is 13.2. The smallest absolute Gasteiger partial charge is 0.496 e. The fraction of sp³-hybridized carbons (Fsp3) is 0.375. The predicted molar refractivity (Wildman–Crippen MR) is 120 cm³/mol. The monoisotopic (exact) mass is 456 g/mol. The summed E-state index contributed by atoms with van der Waals surface area (Å²) in [6.45, 7) is 3.71. The molecule has 1 fully saturated rings. The summed E-state index contributed by atoms with van der Waals surface area (Å²) >= 11 is 0. The van der Waals surface area contributed by atoms with Crippen molar-refractivity contribution in [1.29, 1.82) is 0 Å². The van der Waals surface area contributed by atoms with Crippen LogP contribution in [0.3, 0.4) is 0 Å². The second kappa shape index (κ2) is 11.2. The van der Waals surface area contributed by atoms with Gasteiger partial charge in [-0.3, -0.25) is 9.59 Å². The number of benzene rings is 2. The Balaban J connectivity index is 1.66. The Morgan fingerprint density at radius 3 is 1.94 bits per heavy atom. The van der Waals surface area contributed by atoms with Gasteiger partial charge in [0.1, 0.15) is 22.8 Å². The van der Waals surface area contributed by atoms with E-state index < -0.39 is 6.16 Å². The minimum Gasteiger partial charge on any atom is -0.496 e. The molecule has 0 aromatic heterocycles. The van der Waals surface area contributed by atoms with Crippen LogP contribution in [0.1, 0.15) is 34.1 Å². The SMILES string of the molecule is CCOC(=O)Oc1ccc(C(=O)N2CCCN(C(=O)c3c(OC)cccc3OC)CC2)cc1. The van der Waals surface area contributed by atoms with Gasteiger partial charge >= 0.3 is 6.16 Å². The number of carbonyl (C=O) groups is 3. The van der Waals surface area contributed by atoms with Crippen LogP contribution in [0.25, 0.3) is 0 Å². The molecule has 0 radical (unpaired) electrons. The average Bonchev–Trinajstić information content (AvgIpc) is 3.09. The zero-order valence-corrected chi connectivity index (χ0v) is 19.0. The number of amides is 2. The van der Waals surface area contributed by atoms with E-state index in [-0.39, 0.29) is 18.4 Å². The molecule has 1 heterocycles. The Morgan fingerprint density at radius 1 is 0.818 bits per heavy atom. The summed E-state index contributed by atoms with van der Waals surface area (Å²) in [7, 11) is 3.02. The Morgan fingerprint density at radius 2 is 1.39 bits per heavy atom. The first-order chi connectivity index (χ1) is 16.0. The molecule has 0 aliphatic carbocycles. The first-order valence-corrected chi connectivity index (χ1v) is 10.7. The molecular formula is C24H28N2O7. The van der Waals surface area contributed by atoms with Crippen molar-refractivity contribution in [3.05, 3.63) is 53.6 Å². The van der Waals surface area contributed by atoms with Gasteiger partial charge in [0.2, 0.25) is 0 Å². The second-order valence-corrected chi connectivity index (χ2v) is 7.28. The molecular weight excluding hydrogens is 428 g/mol. The molecule has 0 spiro atoms. The largest absolute Gasteiger partial charge is 0.513 e. The highest BCUT2D eigenvalue weighted by atomic mass is 16.7. The lowest BCUT2D eigenvalue weighted by Gasteiger charge is -2.23. The van der Waals surface area contributed by atoms with Crippen LogP contribution in [0, 0.1) is 0 Å². The van der Waals surface area contributed by atoms with Gasteiger partial charge in [-0.15, -0.1) is 0 Å². The van der Waals surface area contributed by atoms with Crippen molar-refractivity contribution in [3.63, 3.8) is 0 Å². The first-order valence-electron chi connectivity index (χ1n) is 10.7. The van der Waals surface area contributed by atoms with E-state index in [0.717, 1.165) is 0 Å². The van der Waals surface area contributed by atoms with Crippen LogP contribution in [0.4, 0.5) is 4.79 Å². The zero-order valence-electron chi connectivity index (χ0n) is 19.0. The molecule has 2 amide bonds. The summed E-state index contributed by atoms with van der Waals surface area (Å²) in [5.41, 5.74) is 0.844. The summed E-state index contributed by atoms with van der Waals surface area (Å²) < 4.78 is 20.5. The number of ether oxygens (including phenoxy) is 4. The summed E-state index contributed by atoms with van der Waals surface area (Å²) in [5, 5.41) is 0. The summed E-state index contributed by atoms with van der Waals surface area (Å²) in [6.07, 6.45) is -0.153. The number of methoxy groups -OCH3 is 2. The quantitative estimate of drug-likeness (QED) is 0.487. The van der Waals surface area contributed by atoms with Crippen molar-refractivity contribution in [1.82, 2.24) is 9.80 Å². The standard InChI is InChI=1S/C24H28N2O7/c1-4-32-24(29)33-18-11-9-17(10-12-18)22(27)25-13-6-14-26(16-15-25)23(28)21-19(30-2)7-5-8-20(21)31-3/h5,7-12H,4,6,13-16H2,1-3H3. The summed E-state index contributed by atoms with van der Waals surface area (Å²) in [5.74, 6) is 0.840. The van der Waals surface area contributed by atoms with Crippen LogP contribution in [0.2, 0.25) is 0 Å². The molecule has 0 bridgehead atoms. The Bertz CT molecular complexity index is 969. The lowest BCUT2D eigenvalue weighted by Crippen LogP contribution is -2.37. The van der Waals surface area contributed by atoms with E-state index in [2.05, 4.69) is 0 Å². The molecule has 2 aromatic rings. The Hall–Kier alpha value is -3.75. The van der Waals surface area contributed by atoms with Crippen molar-refractivity contribution < 1.29 is 33.3 Å². The molecule has 176 valence electrons. The molecule has 9 heteroatoms. The summed E-state index contributed by atoms with van der Waals surface area (Å²) in [6, 6.07) is 11.5.